The molecule has 0 bridgehead atoms. The Labute approximate surface area is 199 Å². The van der Waals surface area contributed by atoms with Gasteiger partial charge in [0.15, 0.2) is 5.82 Å². The number of tetrazole rings is 1. The van der Waals surface area contributed by atoms with Crippen molar-refractivity contribution in [2.24, 2.45) is 0 Å². The number of rotatable bonds is 6. The molecule has 0 spiro atoms. The summed E-state index contributed by atoms with van der Waals surface area (Å²) >= 11 is 0. The van der Waals surface area contributed by atoms with E-state index in [1.165, 1.54) is 22.9 Å². The van der Waals surface area contributed by atoms with Crippen LogP contribution in [0.3, 0.4) is 0 Å². The van der Waals surface area contributed by atoms with E-state index in [1.807, 2.05) is 42.5 Å². The lowest BCUT2D eigenvalue weighted by Gasteiger charge is -2.09. The van der Waals surface area contributed by atoms with Crippen molar-refractivity contribution in [1.29, 1.82) is 0 Å². The van der Waals surface area contributed by atoms with Gasteiger partial charge in [-0.25, -0.2) is 9.07 Å². The molecule has 0 unspecified atom stereocenters. The van der Waals surface area contributed by atoms with Gasteiger partial charge in [0.2, 0.25) is 0 Å². The first-order valence-electron chi connectivity index (χ1n) is 10.7. The number of nitrogens with zero attached hydrogens (tertiary/aromatic N) is 6. The number of hydrogen-bond acceptors (Lipinski definition) is 6. The topological polar surface area (TPSA) is 99.8 Å². The first-order chi connectivity index (χ1) is 17.0. The van der Waals surface area contributed by atoms with Gasteiger partial charge in [0.1, 0.15) is 22.9 Å². The number of aromatic nitrogens is 6. The lowest BCUT2D eigenvalue weighted by Crippen LogP contribution is -2.13. The van der Waals surface area contributed by atoms with Crippen LogP contribution in [0.2, 0.25) is 0 Å². The molecule has 174 valence electrons. The Bertz CT molecular complexity index is 1490. The van der Waals surface area contributed by atoms with E-state index in [1.54, 1.807) is 37.0 Å². The number of anilines is 1. The second-order valence-electron chi connectivity index (χ2n) is 7.66. The van der Waals surface area contributed by atoms with Crippen molar-refractivity contribution < 1.29 is 13.9 Å². The van der Waals surface area contributed by atoms with Crippen LogP contribution in [0, 0.1) is 12.7 Å². The van der Waals surface area contributed by atoms with Crippen molar-refractivity contribution in [2.75, 3.05) is 12.4 Å². The average Bonchev–Trinajstić information content (AvgIpc) is 3.53. The van der Waals surface area contributed by atoms with Crippen LogP contribution in [0.15, 0.2) is 79.0 Å². The van der Waals surface area contributed by atoms with Crippen LogP contribution in [0.1, 0.15) is 16.2 Å². The van der Waals surface area contributed by atoms with Crippen molar-refractivity contribution in [1.82, 2.24) is 30.0 Å². The second kappa shape index (κ2) is 9.18. The Balaban J connectivity index is 1.53. The highest BCUT2D eigenvalue weighted by molar-refractivity contribution is 6.08. The maximum atomic E-state index is 14.5. The van der Waals surface area contributed by atoms with Crippen molar-refractivity contribution in [2.45, 2.75) is 6.92 Å². The summed E-state index contributed by atoms with van der Waals surface area (Å²) in [4.78, 5) is 13.4. The van der Waals surface area contributed by atoms with E-state index in [0.29, 0.717) is 28.5 Å². The monoisotopic (exact) mass is 469 g/mol. The lowest BCUT2D eigenvalue weighted by atomic mass is 10.1. The van der Waals surface area contributed by atoms with Gasteiger partial charge in [-0.05, 0) is 71.9 Å². The van der Waals surface area contributed by atoms with E-state index in [-0.39, 0.29) is 5.69 Å². The molecule has 9 nitrogen and oxygen atoms in total. The van der Waals surface area contributed by atoms with Crippen LogP contribution in [0.5, 0.6) is 5.75 Å². The molecule has 10 heteroatoms. The van der Waals surface area contributed by atoms with Gasteiger partial charge in [-0.2, -0.15) is 9.78 Å². The molecule has 3 aromatic carbocycles. The van der Waals surface area contributed by atoms with Crippen LogP contribution < -0.4 is 10.1 Å². The summed E-state index contributed by atoms with van der Waals surface area (Å²) in [6.07, 6.45) is 1.67. The van der Waals surface area contributed by atoms with E-state index in [2.05, 4.69) is 25.9 Å². The van der Waals surface area contributed by atoms with Crippen molar-refractivity contribution in [3.05, 3.63) is 96.2 Å². The molecule has 5 rings (SSSR count). The summed E-state index contributed by atoms with van der Waals surface area (Å²) in [5.74, 6) is 0.190. The smallest absolute Gasteiger partial charge is 0.259 e. The highest BCUT2D eigenvalue weighted by atomic mass is 19.1. The van der Waals surface area contributed by atoms with E-state index in [4.69, 9.17) is 4.74 Å². The number of methoxy groups -OCH3 is 1. The lowest BCUT2D eigenvalue weighted by molar-refractivity contribution is 0.102. The summed E-state index contributed by atoms with van der Waals surface area (Å²) in [7, 11) is 1.59. The Hall–Kier alpha value is -4.86. The number of amides is 1. The van der Waals surface area contributed by atoms with E-state index >= 15 is 0 Å². The Morgan fingerprint density at radius 1 is 1.03 bits per heavy atom. The summed E-state index contributed by atoms with van der Waals surface area (Å²) in [6.45, 7) is 1.66. The molecule has 0 saturated carbocycles. The van der Waals surface area contributed by atoms with E-state index in [9.17, 15) is 9.18 Å². The molecular weight excluding hydrogens is 449 g/mol. The minimum atomic E-state index is -0.519. The number of aryl methyl sites for hydroxylation is 1. The van der Waals surface area contributed by atoms with Crippen molar-refractivity contribution in [3.8, 4) is 28.4 Å². The predicted molar refractivity (Wildman–Crippen MR) is 127 cm³/mol. The quantitative estimate of drug-likeness (QED) is 0.400. The molecule has 0 radical (unpaired) electrons. The molecular formula is C25H20FN7O2. The normalized spacial score (nSPS) is 10.8. The number of nitrogens with one attached hydrogen (secondary N) is 1. The largest absolute Gasteiger partial charge is 0.497 e. The molecule has 2 aromatic heterocycles. The fourth-order valence-corrected chi connectivity index (χ4v) is 3.62. The molecule has 0 saturated heterocycles. The number of hydrogen-bond donors (Lipinski definition) is 1. The van der Waals surface area contributed by atoms with Crippen LogP contribution in [0.25, 0.3) is 22.6 Å². The number of carbonyl (C=O) groups excluding carboxylic acids is 1. The molecule has 1 amide bonds. The third-order valence-corrected chi connectivity index (χ3v) is 5.40. The maximum absolute atomic E-state index is 14.5. The zero-order valence-electron chi connectivity index (χ0n) is 18.9. The summed E-state index contributed by atoms with van der Waals surface area (Å²) < 4.78 is 22.6. The van der Waals surface area contributed by atoms with Gasteiger partial charge in [0.05, 0.1) is 18.4 Å². The number of para-hydroxylation sites is 1. The van der Waals surface area contributed by atoms with Crippen molar-refractivity contribution in [3.63, 3.8) is 0 Å². The second-order valence-corrected chi connectivity index (χ2v) is 7.66. The van der Waals surface area contributed by atoms with E-state index < -0.39 is 11.7 Å². The minimum Gasteiger partial charge on any atom is -0.497 e. The van der Waals surface area contributed by atoms with Crippen molar-refractivity contribution >= 4 is 11.6 Å². The van der Waals surface area contributed by atoms with Crippen LogP contribution >= 0.6 is 0 Å². The molecule has 1 N–H and O–H groups in total. The van der Waals surface area contributed by atoms with Crippen LogP contribution in [-0.4, -0.2) is 43.0 Å². The molecule has 0 aliphatic heterocycles. The van der Waals surface area contributed by atoms with Gasteiger partial charge in [-0.1, -0.05) is 18.2 Å². The van der Waals surface area contributed by atoms with E-state index in [0.717, 1.165) is 11.3 Å². The Kier molecular flexibility index (Phi) is 5.76. The number of ether oxygens (including phenoxy) is 1. The van der Waals surface area contributed by atoms with Gasteiger partial charge < -0.3 is 10.1 Å². The highest BCUT2D eigenvalue weighted by Crippen LogP contribution is 2.27. The van der Waals surface area contributed by atoms with Gasteiger partial charge in [0.25, 0.3) is 5.91 Å². The first kappa shape index (κ1) is 22.0. The Morgan fingerprint density at radius 3 is 2.49 bits per heavy atom. The Morgan fingerprint density at radius 2 is 1.80 bits per heavy atom. The SMILES string of the molecule is COc1ccc(-c2nn(-c3ccccc3)cc2C(=O)Nc2ccc(F)c(-n3nnnc3C)c2)cc1. The third kappa shape index (κ3) is 4.36. The first-order valence-corrected chi connectivity index (χ1v) is 10.7. The fraction of sp³-hybridized carbons (Fsp3) is 0.0800. The zero-order chi connectivity index (χ0) is 24.4. The molecule has 0 atom stereocenters. The van der Waals surface area contributed by atoms with Crippen LogP contribution in [0.4, 0.5) is 10.1 Å². The van der Waals surface area contributed by atoms with Gasteiger partial charge in [-0.15, -0.1) is 5.10 Å². The number of halogens is 1. The summed E-state index contributed by atoms with van der Waals surface area (Å²) in [6, 6.07) is 21.0. The maximum Gasteiger partial charge on any atom is 0.259 e. The van der Waals surface area contributed by atoms with Crippen LogP contribution in [-0.2, 0) is 0 Å². The molecule has 0 fully saturated rings. The molecule has 2 heterocycles. The average molecular weight is 469 g/mol. The zero-order valence-corrected chi connectivity index (χ0v) is 18.9. The van der Waals surface area contributed by atoms with Gasteiger partial charge >= 0.3 is 0 Å². The number of benzene rings is 3. The summed E-state index contributed by atoms with van der Waals surface area (Å²) in [5, 5.41) is 18.7. The molecule has 0 aliphatic carbocycles. The minimum absolute atomic E-state index is 0.126. The molecule has 35 heavy (non-hydrogen) atoms. The van der Waals surface area contributed by atoms with Gasteiger partial charge in [0, 0.05) is 17.4 Å². The fourth-order valence-electron chi connectivity index (χ4n) is 3.62. The molecule has 5 aromatic rings. The molecule has 0 aliphatic rings. The third-order valence-electron chi connectivity index (χ3n) is 5.40. The highest BCUT2D eigenvalue weighted by Gasteiger charge is 2.20. The summed E-state index contributed by atoms with van der Waals surface area (Å²) in [5.41, 5.74) is 2.90. The predicted octanol–water partition coefficient (Wildman–Crippen LogP) is 4.22. The van der Waals surface area contributed by atoms with Gasteiger partial charge in [-0.3, -0.25) is 4.79 Å². The standard InChI is InChI=1S/C25H20FN7O2/c1-16-28-30-31-33(16)23-14-18(10-13-22(23)26)27-25(34)21-15-32(19-6-4-3-5-7-19)29-24(21)17-8-11-20(35-2)12-9-17/h3-15H,1-2H3,(H,27,34). The number of carbonyl (C=O) groups is 1.